The highest BCUT2D eigenvalue weighted by molar-refractivity contribution is 5.79. The summed E-state index contributed by atoms with van der Waals surface area (Å²) >= 11 is 0. The van der Waals surface area contributed by atoms with Crippen molar-refractivity contribution in [1.29, 1.82) is 0 Å². The molecular weight excluding hydrogens is 226 g/mol. The van der Waals surface area contributed by atoms with Crippen molar-refractivity contribution in [3.63, 3.8) is 0 Å². The number of aryl methyl sites for hydroxylation is 1. The molecule has 2 aromatic heterocycles. The van der Waals surface area contributed by atoms with Crippen molar-refractivity contribution in [2.75, 3.05) is 0 Å². The number of aromatic amines is 1. The molecule has 0 aliphatic carbocycles. The summed E-state index contributed by atoms with van der Waals surface area (Å²) in [5.41, 5.74) is 2.70. The SMILES string of the molecule is CCCc1nc(-c2ccc3nccnc3c2)n[nH]1. The van der Waals surface area contributed by atoms with Crippen molar-refractivity contribution < 1.29 is 0 Å². The Morgan fingerprint density at radius 3 is 2.78 bits per heavy atom. The van der Waals surface area contributed by atoms with Crippen LogP contribution in [0.25, 0.3) is 22.4 Å². The van der Waals surface area contributed by atoms with E-state index < -0.39 is 0 Å². The minimum Gasteiger partial charge on any atom is -0.263 e. The van der Waals surface area contributed by atoms with Crippen LogP contribution in [-0.4, -0.2) is 25.1 Å². The summed E-state index contributed by atoms with van der Waals surface area (Å²) in [6.45, 7) is 2.12. The van der Waals surface area contributed by atoms with Crippen LogP contribution < -0.4 is 0 Å². The summed E-state index contributed by atoms with van der Waals surface area (Å²) < 4.78 is 0. The second-order valence-corrected chi connectivity index (χ2v) is 4.12. The van der Waals surface area contributed by atoms with E-state index in [0.29, 0.717) is 5.82 Å². The molecule has 2 heterocycles. The molecule has 90 valence electrons. The van der Waals surface area contributed by atoms with Crippen LogP contribution in [0, 0.1) is 0 Å². The molecule has 3 aromatic rings. The van der Waals surface area contributed by atoms with E-state index in [1.807, 2.05) is 18.2 Å². The summed E-state index contributed by atoms with van der Waals surface area (Å²) in [6.07, 6.45) is 5.35. The van der Waals surface area contributed by atoms with Crippen LogP contribution in [0.15, 0.2) is 30.6 Å². The number of aromatic nitrogens is 5. The van der Waals surface area contributed by atoms with Crippen LogP contribution >= 0.6 is 0 Å². The fourth-order valence-electron chi connectivity index (χ4n) is 1.88. The van der Waals surface area contributed by atoms with Crippen LogP contribution in [0.2, 0.25) is 0 Å². The monoisotopic (exact) mass is 239 g/mol. The number of nitrogens with zero attached hydrogens (tertiary/aromatic N) is 4. The number of hydrogen-bond acceptors (Lipinski definition) is 4. The van der Waals surface area contributed by atoms with Gasteiger partial charge >= 0.3 is 0 Å². The predicted molar refractivity (Wildman–Crippen MR) is 68.9 cm³/mol. The first-order valence-corrected chi connectivity index (χ1v) is 5.99. The van der Waals surface area contributed by atoms with Gasteiger partial charge in [0.1, 0.15) is 5.82 Å². The molecule has 0 atom stereocenters. The average molecular weight is 239 g/mol. The van der Waals surface area contributed by atoms with E-state index in [9.17, 15) is 0 Å². The lowest BCUT2D eigenvalue weighted by Crippen LogP contribution is -1.86. The minimum absolute atomic E-state index is 0.714. The molecule has 0 spiro atoms. The Morgan fingerprint density at radius 1 is 1.11 bits per heavy atom. The van der Waals surface area contributed by atoms with Gasteiger partial charge in [0.25, 0.3) is 0 Å². The van der Waals surface area contributed by atoms with E-state index in [2.05, 4.69) is 32.1 Å². The smallest absolute Gasteiger partial charge is 0.181 e. The van der Waals surface area contributed by atoms with Crippen LogP contribution in [0.1, 0.15) is 19.2 Å². The van der Waals surface area contributed by atoms with Crippen molar-refractivity contribution in [3.05, 3.63) is 36.4 Å². The summed E-state index contributed by atoms with van der Waals surface area (Å²) in [4.78, 5) is 13.0. The minimum atomic E-state index is 0.714. The normalized spacial score (nSPS) is 10.9. The van der Waals surface area contributed by atoms with Gasteiger partial charge in [-0.1, -0.05) is 6.92 Å². The van der Waals surface area contributed by atoms with Gasteiger partial charge in [0.05, 0.1) is 11.0 Å². The maximum atomic E-state index is 4.46. The Hall–Kier alpha value is -2.30. The molecule has 18 heavy (non-hydrogen) atoms. The molecule has 0 bridgehead atoms. The van der Waals surface area contributed by atoms with Gasteiger partial charge in [-0.25, -0.2) is 4.98 Å². The topological polar surface area (TPSA) is 67.3 Å². The Balaban J connectivity index is 2.02. The maximum absolute atomic E-state index is 4.46. The molecule has 5 heteroatoms. The van der Waals surface area contributed by atoms with Gasteiger partial charge in [0.15, 0.2) is 5.82 Å². The molecule has 0 saturated heterocycles. The zero-order valence-electron chi connectivity index (χ0n) is 10.1. The zero-order valence-corrected chi connectivity index (χ0v) is 10.1. The number of benzene rings is 1. The van der Waals surface area contributed by atoms with E-state index in [1.165, 1.54) is 0 Å². The van der Waals surface area contributed by atoms with Crippen molar-refractivity contribution in [1.82, 2.24) is 25.1 Å². The van der Waals surface area contributed by atoms with E-state index in [-0.39, 0.29) is 0 Å². The summed E-state index contributed by atoms with van der Waals surface area (Å²) in [7, 11) is 0. The van der Waals surface area contributed by atoms with E-state index in [1.54, 1.807) is 12.4 Å². The molecule has 3 rings (SSSR count). The van der Waals surface area contributed by atoms with E-state index in [4.69, 9.17) is 0 Å². The van der Waals surface area contributed by atoms with Gasteiger partial charge in [-0.3, -0.25) is 15.1 Å². The van der Waals surface area contributed by atoms with Crippen LogP contribution in [-0.2, 0) is 6.42 Å². The first kappa shape index (κ1) is 10.8. The van der Waals surface area contributed by atoms with Crippen molar-refractivity contribution in [2.45, 2.75) is 19.8 Å². The molecule has 0 fully saturated rings. The molecular formula is C13H13N5. The van der Waals surface area contributed by atoms with Crippen molar-refractivity contribution in [3.8, 4) is 11.4 Å². The predicted octanol–water partition coefficient (Wildman–Crippen LogP) is 2.37. The molecule has 0 radical (unpaired) electrons. The Morgan fingerprint density at radius 2 is 1.94 bits per heavy atom. The van der Waals surface area contributed by atoms with Crippen molar-refractivity contribution >= 4 is 11.0 Å². The lowest BCUT2D eigenvalue weighted by Gasteiger charge is -1.98. The second-order valence-electron chi connectivity index (χ2n) is 4.12. The summed E-state index contributed by atoms with van der Waals surface area (Å²) in [5, 5.41) is 7.18. The summed E-state index contributed by atoms with van der Waals surface area (Å²) in [6, 6.07) is 5.87. The van der Waals surface area contributed by atoms with Gasteiger partial charge in [0.2, 0.25) is 0 Å². The van der Waals surface area contributed by atoms with E-state index >= 15 is 0 Å². The molecule has 0 saturated carbocycles. The first-order valence-electron chi connectivity index (χ1n) is 5.99. The van der Waals surface area contributed by atoms with Gasteiger partial charge < -0.3 is 0 Å². The molecule has 0 aliphatic rings. The molecule has 0 amide bonds. The third-order valence-corrected chi connectivity index (χ3v) is 2.75. The number of hydrogen-bond donors (Lipinski definition) is 1. The quantitative estimate of drug-likeness (QED) is 0.761. The van der Waals surface area contributed by atoms with Crippen LogP contribution in [0.5, 0.6) is 0 Å². The number of H-pyrrole nitrogens is 1. The Bertz CT molecular complexity index is 674. The number of fused-ring (bicyclic) bond motifs is 1. The average Bonchev–Trinajstić information content (AvgIpc) is 2.87. The molecule has 1 aromatic carbocycles. The number of nitrogens with one attached hydrogen (secondary N) is 1. The van der Waals surface area contributed by atoms with Gasteiger partial charge in [0, 0.05) is 24.4 Å². The largest absolute Gasteiger partial charge is 0.263 e. The van der Waals surface area contributed by atoms with Gasteiger partial charge in [-0.15, -0.1) is 0 Å². The second kappa shape index (κ2) is 4.52. The Labute approximate surface area is 104 Å². The van der Waals surface area contributed by atoms with Crippen LogP contribution in [0.4, 0.5) is 0 Å². The third kappa shape index (κ3) is 1.95. The zero-order chi connectivity index (χ0) is 12.4. The highest BCUT2D eigenvalue weighted by atomic mass is 15.2. The lowest BCUT2D eigenvalue weighted by molar-refractivity contribution is 0.841. The highest BCUT2D eigenvalue weighted by Gasteiger charge is 2.06. The molecule has 0 aliphatic heterocycles. The summed E-state index contributed by atoms with van der Waals surface area (Å²) in [5.74, 6) is 1.64. The molecule has 0 unspecified atom stereocenters. The fourth-order valence-corrected chi connectivity index (χ4v) is 1.88. The number of rotatable bonds is 3. The molecule has 1 N–H and O–H groups in total. The highest BCUT2D eigenvalue weighted by Crippen LogP contribution is 2.19. The first-order chi connectivity index (χ1) is 8.86. The van der Waals surface area contributed by atoms with E-state index in [0.717, 1.165) is 35.3 Å². The standard InChI is InChI=1S/C13H13N5/c1-2-3-12-16-13(18-17-12)9-4-5-10-11(8-9)15-7-6-14-10/h4-8H,2-3H2,1H3,(H,16,17,18). The molecule has 5 nitrogen and oxygen atoms in total. The maximum Gasteiger partial charge on any atom is 0.181 e. The van der Waals surface area contributed by atoms with Crippen molar-refractivity contribution in [2.24, 2.45) is 0 Å². The third-order valence-electron chi connectivity index (χ3n) is 2.75. The van der Waals surface area contributed by atoms with Crippen LogP contribution in [0.3, 0.4) is 0 Å². The van der Waals surface area contributed by atoms with Gasteiger partial charge in [-0.2, -0.15) is 5.10 Å². The lowest BCUT2D eigenvalue weighted by atomic mass is 10.2. The van der Waals surface area contributed by atoms with Gasteiger partial charge in [-0.05, 0) is 24.6 Å². The fraction of sp³-hybridized carbons (Fsp3) is 0.231. The Kier molecular flexibility index (Phi) is 2.72.